The number of anilines is 1. The lowest BCUT2D eigenvalue weighted by Crippen LogP contribution is -2.30. The first-order chi connectivity index (χ1) is 9.54. The zero-order chi connectivity index (χ0) is 16.4. The second kappa shape index (κ2) is 5.98. The molecule has 0 aliphatic carbocycles. The molecule has 0 aromatic heterocycles. The SMILES string of the molecule is CC(Nc1ccc([N+](=O)[O-])cc1C(F)(F)F)C(C)C(=O)O. The number of hydrogen-bond donors (Lipinski definition) is 2. The van der Waals surface area contributed by atoms with Crippen LogP contribution in [0.3, 0.4) is 0 Å². The molecule has 116 valence electrons. The molecule has 0 bridgehead atoms. The highest BCUT2D eigenvalue weighted by atomic mass is 19.4. The minimum Gasteiger partial charge on any atom is -0.481 e. The van der Waals surface area contributed by atoms with Gasteiger partial charge in [0.1, 0.15) is 0 Å². The van der Waals surface area contributed by atoms with Crippen molar-refractivity contribution in [3.05, 3.63) is 33.9 Å². The van der Waals surface area contributed by atoms with Crippen molar-refractivity contribution < 1.29 is 28.0 Å². The molecular weight excluding hydrogens is 293 g/mol. The van der Waals surface area contributed by atoms with Crippen LogP contribution in [0.25, 0.3) is 0 Å². The number of nitrogens with one attached hydrogen (secondary N) is 1. The van der Waals surface area contributed by atoms with Crippen LogP contribution in [-0.2, 0) is 11.0 Å². The van der Waals surface area contributed by atoms with Gasteiger partial charge in [-0.15, -0.1) is 0 Å². The molecule has 0 fully saturated rings. The van der Waals surface area contributed by atoms with E-state index in [0.29, 0.717) is 6.07 Å². The van der Waals surface area contributed by atoms with Gasteiger partial charge in [-0.05, 0) is 19.9 Å². The Balaban J connectivity index is 3.18. The summed E-state index contributed by atoms with van der Waals surface area (Å²) in [6.07, 6.45) is -4.79. The summed E-state index contributed by atoms with van der Waals surface area (Å²) < 4.78 is 38.8. The quantitative estimate of drug-likeness (QED) is 0.644. The number of carbonyl (C=O) groups is 1. The summed E-state index contributed by atoms with van der Waals surface area (Å²) in [5.41, 5.74) is -2.29. The van der Waals surface area contributed by atoms with Gasteiger partial charge in [-0.3, -0.25) is 14.9 Å². The van der Waals surface area contributed by atoms with E-state index in [-0.39, 0.29) is 0 Å². The molecule has 2 atom stereocenters. The summed E-state index contributed by atoms with van der Waals surface area (Å²) in [4.78, 5) is 20.4. The Kier molecular flexibility index (Phi) is 4.77. The first kappa shape index (κ1) is 16.7. The third-order valence-electron chi connectivity index (χ3n) is 3.04. The van der Waals surface area contributed by atoms with Crippen LogP contribution in [0.5, 0.6) is 0 Å². The topological polar surface area (TPSA) is 92.5 Å². The molecule has 9 heteroatoms. The van der Waals surface area contributed by atoms with E-state index < -0.39 is 46.0 Å². The molecule has 21 heavy (non-hydrogen) atoms. The molecule has 2 unspecified atom stereocenters. The molecule has 0 aliphatic rings. The molecule has 6 nitrogen and oxygen atoms in total. The van der Waals surface area contributed by atoms with Crippen LogP contribution in [0.15, 0.2) is 18.2 Å². The molecule has 1 aromatic carbocycles. The Bertz CT molecular complexity index is 560. The van der Waals surface area contributed by atoms with Crippen LogP contribution in [-0.4, -0.2) is 22.0 Å². The van der Waals surface area contributed by atoms with Gasteiger partial charge < -0.3 is 10.4 Å². The second-order valence-corrected chi connectivity index (χ2v) is 4.54. The van der Waals surface area contributed by atoms with E-state index in [1.807, 2.05) is 0 Å². The fraction of sp³-hybridized carbons (Fsp3) is 0.417. The van der Waals surface area contributed by atoms with Crippen LogP contribution in [0.2, 0.25) is 0 Å². The van der Waals surface area contributed by atoms with Crippen molar-refractivity contribution in [3.8, 4) is 0 Å². The smallest absolute Gasteiger partial charge is 0.418 e. The predicted octanol–water partition coefficient (Wildman–Crippen LogP) is 3.13. The zero-order valence-corrected chi connectivity index (χ0v) is 11.1. The maximum absolute atomic E-state index is 12.9. The highest BCUT2D eigenvalue weighted by Crippen LogP contribution is 2.37. The number of carboxylic acid groups (broad SMARTS) is 1. The van der Waals surface area contributed by atoms with Gasteiger partial charge in [-0.1, -0.05) is 0 Å². The van der Waals surface area contributed by atoms with Gasteiger partial charge in [-0.2, -0.15) is 13.2 Å². The Morgan fingerprint density at radius 1 is 1.38 bits per heavy atom. The Hall–Kier alpha value is -2.32. The van der Waals surface area contributed by atoms with E-state index in [2.05, 4.69) is 5.32 Å². The van der Waals surface area contributed by atoms with Crippen LogP contribution in [0.4, 0.5) is 24.5 Å². The fourth-order valence-electron chi connectivity index (χ4n) is 1.59. The van der Waals surface area contributed by atoms with E-state index in [1.165, 1.54) is 13.8 Å². The fourth-order valence-corrected chi connectivity index (χ4v) is 1.59. The van der Waals surface area contributed by atoms with E-state index in [1.54, 1.807) is 0 Å². The van der Waals surface area contributed by atoms with E-state index in [4.69, 9.17) is 5.11 Å². The van der Waals surface area contributed by atoms with Gasteiger partial charge in [0.25, 0.3) is 5.69 Å². The minimum absolute atomic E-state index is 0.395. The number of carboxylic acids is 1. The van der Waals surface area contributed by atoms with Crippen molar-refractivity contribution >= 4 is 17.3 Å². The number of halogens is 3. The largest absolute Gasteiger partial charge is 0.481 e. The van der Waals surface area contributed by atoms with Gasteiger partial charge in [-0.25, -0.2) is 0 Å². The normalized spacial score (nSPS) is 14.3. The minimum atomic E-state index is -4.79. The number of alkyl halides is 3. The molecule has 1 rings (SSSR count). The van der Waals surface area contributed by atoms with E-state index in [9.17, 15) is 28.1 Å². The van der Waals surface area contributed by atoms with E-state index >= 15 is 0 Å². The van der Waals surface area contributed by atoms with Gasteiger partial charge in [0.05, 0.1) is 16.4 Å². The Morgan fingerprint density at radius 3 is 2.38 bits per heavy atom. The summed E-state index contributed by atoms with van der Waals surface area (Å²) in [7, 11) is 0. The highest BCUT2D eigenvalue weighted by molar-refractivity contribution is 5.71. The van der Waals surface area contributed by atoms with Crippen molar-refractivity contribution in [1.82, 2.24) is 0 Å². The van der Waals surface area contributed by atoms with Crippen molar-refractivity contribution in [2.24, 2.45) is 5.92 Å². The highest BCUT2D eigenvalue weighted by Gasteiger charge is 2.36. The number of rotatable bonds is 5. The van der Waals surface area contributed by atoms with Crippen LogP contribution >= 0.6 is 0 Å². The first-order valence-corrected chi connectivity index (χ1v) is 5.89. The van der Waals surface area contributed by atoms with Gasteiger partial charge >= 0.3 is 12.1 Å². The lowest BCUT2D eigenvalue weighted by atomic mass is 10.0. The summed E-state index contributed by atoms with van der Waals surface area (Å²) in [6.45, 7) is 2.76. The standard InChI is InChI=1S/C12H13F3N2O4/c1-6(11(18)19)7(2)16-10-4-3-8(17(20)21)5-9(10)12(13,14)15/h3-7,16H,1-2H3,(H,18,19). The lowest BCUT2D eigenvalue weighted by molar-refractivity contribution is -0.385. The van der Waals surface area contributed by atoms with Crippen molar-refractivity contribution in [1.29, 1.82) is 0 Å². The number of nitro groups is 1. The number of aliphatic carboxylic acids is 1. The number of benzene rings is 1. The summed E-state index contributed by atoms with van der Waals surface area (Å²) in [6, 6.07) is 1.48. The molecular formula is C12H13F3N2O4. The molecule has 0 heterocycles. The van der Waals surface area contributed by atoms with Gasteiger partial charge in [0.2, 0.25) is 0 Å². The molecule has 0 spiro atoms. The van der Waals surface area contributed by atoms with E-state index in [0.717, 1.165) is 12.1 Å². The second-order valence-electron chi connectivity index (χ2n) is 4.54. The molecule has 0 aliphatic heterocycles. The van der Waals surface area contributed by atoms with Gasteiger partial charge in [0, 0.05) is 23.9 Å². The molecule has 1 aromatic rings. The molecule has 2 N–H and O–H groups in total. The number of non-ortho nitro benzene ring substituents is 1. The molecule has 0 amide bonds. The third-order valence-corrected chi connectivity index (χ3v) is 3.04. The maximum atomic E-state index is 12.9. The first-order valence-electron chi connectivity index (χ1n) is 5.89. The molecule has 0 radical (unpaired) electrons. The average molecular weight is 306 g/mol. The monoisotopic (exact) mass is 306 g/mol. The van der Waals surface area contributed by atoms with Crippen molar-refractivity contribution in [2.75, 3.05) is 5.32 Å². The lowest BCUT2D eigenvalue weighted by Gasteiger charge is -2.21. The third kappa shape index (κ3) is 4.07. The summed E-state index contributed by atoms with van der Waals surface area (Å²) >= 11 is 0. The Labute approximate surface area is 117 Å². The van der Waals surface area contributed by atoms with Crippen molar-refractivity contribution in [2.45, 2.75) is 26.1 Å². The Morgan fingerprint density at radius 2 is 1.95 bits per heavy atom. The van der Waals surface area contributed by atoms with Crippen molar-refractivity contribution in [3.63, 3.8) is 0 Å². The number of nitrogens with zero attached hydrogens (tertiary/aromatic N) is 1. The van der Waals surface area contributed by atoms with Crippen LogP contribution in [0.1, 0.15) is 19.4 Å². The summed E-state index contributed by atoms with van der Waals surface area (Å²) in [5.74, 6) is -2.09. The number of nitro benzene ring substituents is 1. The zero-order valence-electron chi connectivity index (χ0n) is 11.1. The molecule has 0 saturated heterocycles. The van der Waals surface area contributed by atoms with Gasteiger partial charge in [0.15, 0.2) is 0 Å². The summed E-state index contributed by atoms with van der Waals surface area (Å²) in [5, 5.41) is 21.8. The van der Waals surface area contributed by atoms with Crippen LogP contribution < -0.4 is 5.32 Å². The van der Waals surface area contributed by atoms with Crippen LogP contribution in [0, 0.1) is 16.0 Å². The molecule has 0 saturated carbocycles. The number of hydrogen-bond acceptors (Lipinski definition) is 4. The maximum Gasteiger partial charge on any atom is 0.418 e. The average Bonchev–Trinajstić information content (AvgIpc) is 2.36. The predicted molar refractivity (Wildman–Crippen MR) is 68.0 cm³/mol.